The summed E-state index contributed by atoms with van der Waals surface area (Å²) in [6.45, 7) is 0. The molecule has 4 unspecified atom stereocenters. The Morgan fingerprint density at radius 2 is 2.29 bits per heavy atom. The van der Waals surface area contributed by atoms with Gasteiger partial charge in [0.05, 0.1) is 0 Å². The fourth-order valence-corrected chi connectivity index (χ4v) is 4.23. The zero-order chi connectivity index (χ0) is 9.54. The molecule has 2 aliphatic carbocycles. The second-order valence-corrected chi connectivity index (χ2v) is 5.86. The Kier molecular flexibility index (Phi) is 2.14. The summed E-state index contributed by atoms with van der Waals surface area (Å²) in [5.41, 5.74) is 6.34. The molecule has 2 fully saturated rings. The van der Waals surface area contributed by atoms with Crippen LogP contribution in [0.4, 0.5) is 0 Å². The molecule has 2 aliphatic rings. The molecule has 1 aromatic heterocycles. The second-order valence-electron chi connectivity index (χ2n) is 4.88. The van der Waals surface area contributed by atoms with Gasteiger partial charge in [-0.1, -0.05) is 12.5 Å². The van der Waals surface area contributed by atoms with Crippen LogP contribution in [0.5, 0.6) is 0 Å². The highest BCUT2D eigenvalue weighted by atomic mass is 32.1. The number of nitrogens with two attached hydrogens (primary N) is 1. The van der Waals surface area contributed by atoms with Crippen LogP contribution in [0.2, 0.25) is 0 Å². The highest BCUT2D eigenvalue weighted by molar-refractivity contribution is 7.10. The van der Waals surface area contributed by atoms with E-state index < -0.39 is 0 Å². The number of fused-ring (bicyclic) bond motifs is 2. The first kappa shape index (κ1) is 8.93. The van der Waals surface area contributed by atoms with Gasteiger partial charge in [0.15, 0.2) is 0 Å². The molecule has 0 aromatic carbocycles. The third-order valence-corrected chi connectivity index (χ3v) is 5.10. The summed E-state index contributed by atoms with van der Waals surface area (Å²) in [7, 11) is 0. The number of thiophene rings is 1. The molecule has 1 heterocycles. The third kappa shape index (κ3) is 1.32. The summed E-state index contributed by atoms with van der Waals surface area (Å²) in [6, 6.07) is 4.64. The molecule has 1 nitrogen and oxygen atoms in total. The molecule has 0 amide bonds. The van der Waals surface area contributed by atoms with Gasteiger partial charge in [-0.2, -0.15) is 0 Å². The molecule has 0 spiro atoms. The second kappa shape index (κ2) is 3.35. The van der Waals surface area contributed by atoms with Gasteiger partial charge in [-0.15, -0.1) is 11.3 Å². The van der Waals surface area contributed by atoms with Crippen molar-refractivity contribution in [2.75, 3.05) is 0 Å². The van der Waals surface area contributed by atoms with Gasteiger partial charge in [-0.3, -0.25) is 0 Å². The minimum atomic E-state index is 0.324. The SMILES string of the molecule is NC(c1cccs1)C1CC2CCC1C2. The first-order chi connectivity index (χ1) is 6.84. The lowest BCUT2D eigenvalue weighted by atomic mass is 9.83. The lowest BCUT2D eigenvalue weighted by Gasteiger charge is -2.26. The average molecular weight is 207 g/mol. The minimum absolute atomic E-state index is 0.324. The van der Waals surface area contributed by atoms with Crippen LogP contribution in [0.1, 0.15) is 36.6 Å². The van der Waals surface area contributed by atoms with Crippen LogP contribution >= 0.6 is 11.3 Å². The highest BCUT2D eigenvalue weighted by Crippen LogP contribution is 2.52. The Balaban J connectivity index is 1.77. The molecule has 1 aromatic rings. The molecule has 3 rings (SSSR count). The van der Waals surface area contributed by atoms with Crippen LogP contribution in [0.25, 0.3) is 0 Å². The fraction of sp³-hybridized carbons (Fsp3) is 0.667. The summed E-state index contributed by atoms with van der Waals surface area (Å²) in [6.07, 6.45) is 5.76. The molecule has 0 radical (unpaired) electrons. The molecule has 2 saturated carbocycles. The van der Waals surface area contributed by atoms with E-state index in [9.17, 15) is 0 Å². The molecular weight excluding hydrogens is 190 g/mol. The summed E-state index contributed by atoms with van der Waals surface area (Å²) in [4.78, 5) is 1.39. The predicted molar refractivity (Wildman–Crippen MR) is 60.2 cm³/mol. The molecule has 2 bridgehead atoms. The van der Waals surface area contributed by atoms with E-state index in [1.807, 2.05) is 11.3 Å². The maximum Gasteiger partial charge on any atom is 0.0421 e. The van der Waals surface area contributed by atoms with E-state index in [1.54, 1.807) is 0 Å². The van der Waals surface area contributed by atoms with Crippen molar-refractivity contribution in [2.45, 2.75) is 31.7 Å². The molecule has 4 atom stereocenters. The van der Waals surface area contributed by atoms with Gasteiger partial charge in [-0.05, 0) is 48.5 Å². The van der Waals surface area contributed by atoms with Crippen LogP contribution in [-0.4, -0.2) is 0 Å². The van der Waals surface area contributed by atoms with Crippen molar-refractivity contribution in [1.29, 1.82) is 0 Å². The molecule has 14 heavy (non-hydrogen) atoms. The van der Waals surface area contributed by atoms with Gasteiger partial charge in [-0.25, -0.2) is 0 Å². The largest absolute Gasteiger partial charge is 0.323 e. The topological polar surface area (TPSA) is 26.0 Å². The Hall–Kier alpha value is -0.340. The first-order valence-electron chi connectivity index (χ1n) is 5.63. The predicted octanol–water partition coefficient (Wildman–Crippen LogP) is 3.18. The number of hydrogen-bond donors (Lipinski definition) is 1. The molecule has 2 N–H and O–H groups in total. The normalized spacial score (nSPS) is 37.6. The van der Waals surface area contributed by atoms with Gasteiger partial charge in [0.1, 0.15) is 0 Å². The van der Waals surface area contributed by atoms with Gasteiger partial charge in [0, 0.05) is 10.9 Å². The monoisotopic (exact) mass is 207 g/mol. The van der Waals surface area contributed by atoms with Crippen molar-refractivity contribution in [1.82, 2.24) is 0 Å². The zero-order valence-corrected chi connectivity index (χ0v) is 9.17. The van der Waals surface area contributed by atoms with Gasteiger partial charge in [0.2, 0.25) is 0 Å². The Morgan fingerprint density at radius 3 is 2.86 bits per heavy atom. The molecular formula is C12H17NS. The molecule has 0 aliphatic heterocycles. The van der Waals surface area contributed by atoms with E-state index in [2.05, 4.69) is 17.5 Å². The van der Waals surface area contributed by atoms with Gasteiger partial charge < -0.3 is 5.73 Å². The van der Waals surface area contributed by atoms with E-state index in [-0.39, 0.29) is 0 Å². The van der Waals surface area contributed by atoms with Gasteiger partial charge >= 0.3 is 0 Å². The quantitative estimate of drug-likeness (QED) is 0.792. The van der Waals surface area contributed by atoms with Crippen molar-refractivity contribution in [3.05, 3.63) is 22.4 Å². The van der Waals surface area contributed by atoms with E-state index in [0.29, 0.717) is 6.04 Å². The van der Waals surface area contributed by atoms with Crippen molar-refractivity contribution < 1.29 is 0 Å². The first-order valence-corrected chi connectivity index (χ1v) is 6.51. The van der Waals surface area contributed by atoms with Crippen LogP contribution in [0.3, 0.4) is 0 Å². The maximum atomic E-state index is 6.34. The zero-order valence-electron chi connectivity index (χ0n) is 8.36. The lowest BCUT2D eigenvalue weighted by molar-refractivity contribution is 0.287. The molecule has 2 heteroatoms. The van der Waals surface area contributed by atoms with Gasteiger partial charge in [0.25, 0.3) is 0 Å². The number of rotatable bonds is 2. The smallest absolute Gasteiger partial charge is 0.0421 e. The van der Waals surface area contributed by atoms with E-state index in [1.165, 1.54) is 30.6 Å². The van der Waals surface area contributed by atoms with Crippen molar-refractivity contribution in [3.63, 3.8) is 0 Å². The average Bonchev–Trinajstić information content (AvgIpc) is 2.93. The summed E-state index contributed by atoms with van der Waals surface area (Å²) < 4.78 is 0. The lowest BCUT2D eigenvalue weighted by Crippen LogP contribution is -2.25. The Morgan fingerprint density at radius 1 is 1.36 bits per heavy atom. The maximum absolute atomic E-state index is 6.34. The Bertz CT molecular complexity index is 306. The van der Waals surface area contributed by atoms with Crippen molar-refractivity contribution >= 4 is 11.3 Å². The summed E-state index contributed by atoms with van der Waals surface area (Å²) in [5, 5.41) is 2.14. The van der Waals surface area contributed by atoms with Crippen LogP contribution in [0.15, 0.2) is 17.5 Å². The van der Waals surface area contributed by atoms with E-state index >= 15 is 0 Å². The van der Waals surface area contributed by atoms with Crippen molar-refractivity contribution in [3.8, 4) is 0 Å². The fourth-order valence-electron chi connectivity index (χ4n) is 3.43. The van der Waals surface area contributed by atoms with Crippen LogP contribution in [0, 0.1) is 17.8 Å². The minimum Gasteiger partial charge on any atom is -0.323 e. The highest BCUT2D eigenvalue weighted by Gasteiger charge is 2.42. The van der Waals surface area contributed by atoms with E-state index in [4.69, 9.17) is 5.73 Å². The number of hydrogen-bond acceptors (Lipinski definition) is 2. The van der Waals surface area contributed by atoms with Crippen molar-refractivity contribution in [2.24, 2.45) is 23.5 Å². The van der Waals surface area contributed by atoms with Crippen LogP contribution < -0.4 is 5.73 Å². The molecule has 0 saturated heterocycles. The standard InChI is InChI=1S/C12H17NS/c13-12(11-2-1-5-14-11)10-7-8-3-4-9(10)6-8/h1-2,5,8-10,12H,3-4,6-7,13H2. The Labute approximate surface area is 89.3 Å². The molecule has 76 valence electrons. The third-order valence-electron chi connectivity index (χ3n) is 4.13. The summed E-state index contributed by atoms with van der Waals surface area (Å²) >= 11 is 1.82. The summed E-state index contributed by atoms with van der Waals surface area (Å²) in [5.74, 6) is 2.74. The van der Waals surface area contributed by atoms with Crippen LogP contribution in [-0.2, 0) is 0 Å². The van der Waals surface area contributed by atoms with E-state index in [0.717, 1.165) is 17.8 Å².